The van der Waals surface area contributed by atoms with Crippen LogP contribution in [0.4, 0.5) is 0 Å². The van der Waals surface area contributed by atoms with Crippen molar-refractivity contribution in [2.75, 3.05) is 19.3 Å². The van der Waals surface area contributed by atoms with Gasteiger partial charge >= 0.3 is 0 Å². The van der Waals surface area contributed by atoms with Crippen LogP contribution in [0.5, 0.6) is 0 Å². The summed E-state index contributed by atoms with van der Waals surface area (Å²) in [5, 5.41) is 5.17. The largest absolute Gasteiger partial charge is 0.467 e. The molecule has 1 aromatic carbocycles. The van der Waals surface area contributed by atoms with Crippen molar-refractivity contribution in [3.8, 4) is 0 Å². The molecule has 1 aromatic heterocycles. The number of hydrogen-bond acceptors (Lipinski definition) is 5. The average Bonchev–Trinajstić information content (AvgIpc) is 3.11. The van der Waals surface area contributed by atoms with Crippen molar-refractivity contribution in [2.45, 2.75) is 13.0 Å². The first-order valence-electron chi connectivity index (χ1n) is 7.94. The van der Waals surface area contributed by atoms with Gasteiger partial charge in [0.1, 0.15) is 5.76 Å². The number of hydrogen-bond donors (Lipinski definition) is 3. The van der Waals surface area contributed by atoms with E-state index in [2.05, 4.69) is 15.4 Å². The van der Waals surface area contributed by atoms with Gasteiger partial charge in [0.15, 0.2) is 0 Å². The minimum Gasteiger partial charge on any atom is -0.467 e. The second kappa shape index (κ2) is 9.16. The Balaban J connectivity index is 1.73. The molecule has 2 amide bonds. The zero-order valence-corrected chi connectivity index (χ0v) is 15.1. The monoisotopic (exact) mass is 379 g/mol. The van der Waals surface area contributed by atoms with Gasteiger partial charge in [0.05, 0.1) is 25.6 Å². The Morgan fingerprint density at radius 2 is 1.81 bits per heavy atom. The van der Waals surface area contributed by atoms with Crippen LogP contribution in [0.2, 0.25) is 0 Å². The van der Waals surface area contributed by atoms with Crippen molar-refractivity contribution in [1.82, 2.24) is 15.4 Å². The third-order valence-corrected chi connectivity index (χ3v) is 4.17. The highest BCUT2D eigenvalue weighted by Gasteiger charge is 2.09. The van der Waals surface area contributed by atoms with Crippen molar-refractivity contribution in [2.24, 2.45) is 0 Å². The molecule has 0 aliphatic heterocycles. The van der Waals surface area contributed by atoms with E-state index in [0.29, 0.717) is 24.3 Å². The van der Waals surface area contributed by atoms with Crippen LogP contribution in [0.15, 0.2) is 47.1 Å². The molecule has 9 heteroatoms. The molecule has 0 bridgehead atoms. The van der Waals surface area contributed by atoms with Crippen LogP contribution in [0.3, 0.4) is 0 Å². The number of rotatable bonds is 9. The minimum atomic E-state index is -3.21. The summed E-state index contributed by atoms with van der Waals surface area (Å²) in [5.74, 6) is -0.0530. The van der Waals surface area contributed by atoms with Gasteiger partial charge in [-0.3, -0.25) is 9.59 Å². The lowest BCUT2D eigenvalue weighted by Gasteiger charge is -2.07. The molecular weight excluding hydrogens is 358 g/mol. The van der Waals surface area contributed by atoms with E-state index in [1.165, 1.54) is 6.26 Å². The van der Waals surface area contributed by atoms with Crippen molar-refractivity contribution in [3.63, 3.8) is 0 Å². The molecule has 3 N–H and O–H groups in total. The summed E-state index contributed by atoms with van der Waals surface area (Å²) in [5.41, 5.74) is 1.32. The number of benzene rings is 1. The molecule has 0 saturated heterocycles. The molecule has 2 rings (SSSR count). The molecular formula is C17H21N3O5S. The van der Waals surface area contributed by atoms with Gasteiger partial charge in [0.25, 0.3) is 5.91 Å². The topological polar surface area (TPSA) is 118 Å². The van der Waals surface area contributed by atoms with Gasteiger partial charge in [-0.05, 0) is 36.2 Å². The SMILES string of the molecule is CS(=O)(=O)NCCc1ccc(C(=O)NCC(=O)NCc2ccco2)cc1. The van der Waals surface area contributed by atoms with E-state index in [-0.39, 0.29) is 24.9 Å². The van der Waals surface area contributed by atoms with Crippen LogP contribution in [-0.4, -0.2) is 39.6 Å². The first-order chi connectivity index (χ1) is 12.3. The van der Waals surface area contributed by atoms with Gasteiger partial charge in [-0.25, -0.2) is 13.1 Å². The molecule has 1 heterocycles. The van der Waals surface area contributed by atoms with E-state index in [0.717, 1.165) is 11.8 Å². The lowest BCUT2D eigenvalue weighted by molar-refractivity contribution is -0.120. The lowest BCUT2D eigenvalue weighted by atomic mass is 10.1. The maximum atomic E-state index is 12.0. The summed E-state index contributed by atoms with van der Waals surface area (Å²) < 4.78 is 29.5. The summed E-state index contributed by atoms with van der Waals surface area (Å²) in [6.07, 6.45) is 3.14. The Kier molecular flexibility index (Phi) is 6.93. The fraction of sp³-hybridized carbons (Fsp3) is 0.294. The Morgan fingerprint density at radius 1 is 1.08 bits per heavy atom. The van der Waals surface area contributed by atoms with Gasteiger partial charge in [-0.15, -0.1) is 0 Å². The number of nitrogens with one attached hydrogen (secondary N) is 3. The van der Waals surface area contributed by atoms with Crippen LogP contribution < -0.4 is 15.4 Å². The predicted octanol–water partition coefficient (Wildman–Crippen LogP) is 0.418. The van der Waals surface area contributed by atoms with E-state index in [1.807, 2.05) is 0 Å². The summed E-state index contributed by atoms with van der Waals surface area (Å²) in [6, 6.07) is 10.2. The zero-order valence-electron chi connectivity index (χ0n) is 14.3. The van der Waals surface area contributed by atoms with Crippen molar-refractivity contribution >= 4 is 21.8 Å². The Hall–Kier alpha value is -2.65. The Labute approximate surface area is 152 Å². The molecule has 0 saturated carbocycles. The van der Waals surface area contributed by atoms with Crippen LogP contribution in [-0.2, 0) is 27.8 Å². The number of sulfonamides is 1. The summed E-state index contributed by atoms with van der Waals surface area (Å²) >= 11 is 0. The second-order valence-electron chi connectivity index (χ2n) is 5.65. The zero-order chi connectivity index (χ0) is 19.0. The molecule has 26 heavy (non-hydrogen) atoms. The highest BCUT2D eigenvalue weighted by molar-refractivity contribution is 7.88. The minimum absolute atomic E-state index is 0.139. The molecule has 2 aromatic rings. The molecule has 0 fully saturated rings. The maximum Gasteiger partial charge on any atom is 0.251 e. The molecule has 140 valence electrons. The van der Waals surface area contributed by atoms with Crippen LogP contribution in [0.25, 0.3) is 0 Å². The van der Waals surface area contributed by atoms with Crippen molar-refractivity contribution < 1.29 is 22.4 Å². The summed E-state index contributed by atoms with van der Waals surface area (Å²) in [7, 11) is -3.21. The van der Waals surface area contributed by atoms with Crippen LogP contribution in [0, 0.1) is 0 Å². The standard InChI is InChI=1S/C17H21N3O5S/c1-26(23,24)20-9-8-13-4-6-14(7-5-13)17(22)19-12-16(21)18-11-15-3-2-10-25-15/h2-7,10,20H,8-9,11-12H2,1H3,(H,18,21)(H,19,22). The number of carbonyl (C=O) groups is 2. The molecule has 8 nitrogen and oxygen atoms in total. The Morgan fingerprint density at radius 3 is 2.42 bits per heavy atom. The fourth-order valence-corrected chi connectivity index (χ4v) is 2.60. The van der Waals surface area contributed by atoms with E-state index in [9.17, 15) is 18.0 Å². The summed E-state index contributed by atoms with van der Waals surface area (Å²) in [4.78, 5) is 23.7. The van der Waals surface area contributed by atoms with Gasteiger partial charge in [0.2, 0.25) is 15.9 Å². The van der Waals surface area contributed by atoms with E-state index in [4.69, 9.17) is 4.42 Å². The van der Waals surface area contributed by atoms with Crippen molar-refractivity contribution in [1.29, 1.82) is 0 Å². The maximum absolute atomic E-state index is 12.0. The quantitative estimate of drug-likeness (QED) is 0.584. The molecule has 0 unspecified atom stereocenters. The fourth-order valence-electron chi connectivity index (χ4n) is 2.13. The molecule has 0 aliphatic carbocycles. The van der Waals surface area contributed by atoms with Gasteiger partial charge in [-0.1, -0.05) is 12.1 Å². The molecule has 0 aliphatic rings. The first kappa shape index (κ1) is 19.7. The molecule has 0 atom stereocenters. The van der Waals surface area contributed by atoms with Gasteiger partial charge in [0, 0.05) is 12.1 Å². The predicted molar refractivity (Wildman–Crippen MR) is 95.9 cm³/mol. The van der Waals surface area contributed by atoms with Crippen LogP contribution >= 0.6 is 0 Å². The lowest BCUT2D eigenvalue weighted by Crippen LogP contribution is -2.36. The highest BCUT2D eigenvalue weighted by atomic mass is 32.2. The van der Waals surface area contributed by atoms with Gasteiger partial charge in [-0.2, -0.15) is 0 Å². The number of carbonyl (C=O) groups excluding carboxylic acids is 2. The highest BCUT2D eigenvalue weighted by Crippen LogP contribution is 2.05. The smallest absolute Gasteiger partial charge is 0.251 e. The third-order valence-electron chi connectivity index (χ3n) is 3.44. The third kappa shape index (κ3) is 7.08. The number of furan rings is 1. The normalized spacial score (nSPS) is 11.1. The first-order valence-corrected chi connectivity index (χ1v) is 9.83. The average molecular weight is 379 g/mol. The molecule has 0 radical (unpaired) electrons. The van der Waals surface area contributed by atoms with Crippen LogP contribution in [0.1, 0.15) is 21.7 Å². The van der Waals surface area contributed by atoms with Crippen molar-refractivity contribution in [3.05, 3.63) is 59.5 Å². The Bertz CT molecular complexity index is 830. The van der Waals surface area contributed by atoms with Gasteiger partial charge < -0.3 is 15.1 Å². The second-order valence-corrected chi connectivity index (χ2v) is 7.49. The summed E-state index contributed by atoms with van der Waals surface area (Å²) in [6.45, 7) is 0.414. The van der Waals surface area contributed by atoms with E-state index >= 15 is 0 Å². The van der Waals surface area contributed by atoms with E-state index < -0.39 is 10.0 Å². The molecule has 0 spiro atoms. The number of amides is 2. The van der Waals surface area contributed by atoms with E-state index in [1.54, 1.807) is 36.4 Å².